The summed E-state index contributed by atoms with van der Waals surface area (Å²) in [7, 11) is 3.19. The maximum Gasteiger partial charge on any atom is 0.0269 e. The standard InChI is InChI=1S/C5H9NS2/c1-5(6-2)3-4-8-7/h3-4,6-7H,1H2,2H3/b4-3-. The van der Waals surface area contributed by atoms with Gasteiger partial charge in [-0.1, -0.05) is 17.4 Å². The van der Waals surface area contributed by atoms with Gasteiger partial charge < -0.3 is 5.32 Å². The van der Waals surface area contributed by atoms with Crippen LogP contribution >= 0.6 is 22.5 Å². The summed E-state index contributed by atoms with van der Waals surface area (Å²) in [6.07, 6.45) is 1.86. The number of likely N-dealkylation sites (N-methyl/N-ethyl adjacent to an activating group) is 1. The van der Waals surface area contributed by atoms with Gasteiger partial charge in [0.15, 0.2) is 0 Å². The molecule has 0 atom stereocenters. The molecule has 0 aliphatic heterocycles. The molecule has 0 fully saturated rings. The maximum atomic E-state index is 3.90. The minimum absolute atomic E-state index is 0.895. The van der Waals surface area contributed by atoms with Crippen LogP contribution in [0.4, 0.5) is 0 Å². The van der Waals surface area contributed by atoms with Crippen LogP contribution in [0.15, 0.2) is 23.8 Å². The Morgan fingerprint density at radius 2 is 2.50 bits per heavy atom. The first-order valence-electron chi connectivity index (χ1n) is 2.14. The Labute approximate surface area is 59.0 Å². The molecule has 0 amide bonds. The summed E-state index contributed by atoms with van der Waals surface area (Å²) in [6.45, 7) is 3.67. The zero-order valence-corrected chi connectivity index (χ0v) is 6.43. The van der Waals surface area contributed by atoms with E-state index in [4.69, 9.17) is 0 Å². The molecule has 0 saturated heterocycles. The molecular weight excluding hydrogens is 138 g/mol. The number of thiol groups is 1. The zero-order chi connectivity index (χ0) is 6.41. The van der Waals surface area contributed by atoms with Gasteiger partial charge in [0.2, 0.25) is 0 Å². The van der Waals surface area contributed by atoms with Crippen LogP contribution in [-0.4, -0.2) is 7.05 Å². The van der Waals surface area contributed by atoms with E-state index in [1.54, 1.807) is 0 Å². The normalized spacial score (nSPS) is 9.75. The number of allylic oxidation sites excluding steroid dienone is 1. The molecule has 0 aliphatic rings. The van der Waals surface area contributed by atoms with Crippen LogP contribution in [0, 0.1) is 0 Å². The van der Waals surface area contributed by atoms with Crippen molar-refractivity contribution in [3.05, 3.63) is 23.8 Å². The summed E-state index contributed by atoms with van der Waals surface area (Å²) in [5, 5.41) is 4.72. The Kier molecular flexibility index (Phi) is 5.11. The van der Waals surface area contributed by atoms with Crippen molar-refractivity contribution in [1.82, 2.24) is 5.32 Å². The highest BCUT2D eigenvalue weighted by molar-refractivity contribution is 8.69. The number of rotatable bonds is 3. The number of nitrogens with one attached hydrogen (secondary N) is 1. The molecule has 0 unspecified atom stereocenters. The average molecular weight is 147 g/mol. The highest BCUT2D eigenvalue weighted by atomic mass is 33.1. The van der Waals surface area contributed by atoms with Crippen molar-refractivity contribution < 1.29 is 0 Å². The molecule has 0 saturated carbocycles. The first-order chi connectivity index (χ1) is 3.81. The third-order valence-corrected chi connectivity index (χ3v) is 1.27. The molecule has 0 spiro atoms. The van der Waals surface area contributed by atoms with Crippen LogP contribution in [0.25, 0.3) is 0 Å². The van der Waals surface area contributed by atoms with Gasteiger partial charge in [-0.3, -0.25) is 0 Å². The van der Waals surface area contributed by atoms with Crippen molar-refractivity contribution in [2.45, 2.75) is 0 Å². The van der Waals surface area contributed by atoms with E-state index in [0.29, 0.717) is 0 Å². The first kappa shape index (κ1) is 7.98. The van der Waals surface area contributed by atoms with E-state index in [2.05, 4.69) is 23.6 Å². The molecule has 0 radical (unpaired) electrons. The highest BCUT2D eigenvalue weighted by Crippen LogP contribution is 2.06. The van der Waals surface area contributed by atoms with Crippen molar-refractivity contribution >= 4 is 22.5 Å². The van der Waals surface area contributed by atoms with E-state index in [-0.39, 0.29) is 0 Å². The Balaban J connectivity index is 3.37. The molecule has 0 aromatic carbocycles. The van der Waals surface area contributed by atoms with E-state index in [1.165, 1.54) is 10.8 Å². The molecule has 8 heavy (non-hydrogen) atoms. The Bertz CT molecular complexity index is 98.6. The lowest BCUT2D eigenvalue weighted by Crippen LogP contribution is -1.99. The molecule has 0 rings (SSSR count). The summed E-state index contributed by atoms with van der Waals surface area (Å²) in [5.74, 6) is 0. The second kappa shape index (κ2) is 5.12. The molecular formula is C5H9NS2. The Hall–Kier alpha value is -0.0200. The molecule has 0 aromatic rings. The van der Waals surface area contributed by atoms with Crippen LogP contribution in [0.2, 0.25) is 0 Å². The molecule has 46 valence electrons. The van der Waals surface area contributed by atoms with Gasteiger partial charge >= 0.3 is 0 Å². The Morgan fingerprint density at radius 3 is 2.88 bits per heavy atom. The van der Waals surface area contributed by atoms with Crippen LogP contribution in [0.1, 0.15) is 0 Å². The maximum absolute atomic E-state index is 3.90. The number of hydrogen-bond donors (Lipinski definition) is 2. The summed E-state index contributed by atoms with van der Waals surface area (Å²) in [4.78, 5) is 0. The lowest BCUT2D eigenvalue weighted by atomic mass is 10.5. The smallest absolute Gasteiger partial charge is 0.0269 e. The van der Waals surface area contributed by atoms with Crippen LogP contribution in [-0.2, 0) is 0 Å². The van der Waals surface area contributed by atoms with Crippen LogP contribution in [0.5, 0.6) is 0 Å². The summed E-state index contributed by atoms with van der Waals surface area (Å²) >= 11 is 3.90. The van der Waals surface area contributed by atoms with Crippen molar-refractivity contribution in [2.24, 2.45) is 0 Å². The van der Waals surface area contributed by atoms with Crippen molar-refractivity contribution in [3.63, 3.8) is 0 Å². The van der Waals surface area contributed by atoms with Gasteiger partial charge in [-0.15, -0.1) is 11.7 Å². The van der Waals surface area contributed by atoms with E-state index >= 15 is 0 Å². The largest absolute Gasteiger partial charge is 0.389 e. The second-order valence-electron chi connectivity index (χ2n) is 1.18. The molecule has 0 aromatic heterocycles. The fourth-order valence-electron chi connectivity index (χ4n) is 0.196. The molecule has 0 bridgehead atoms. The van der Waals surface area contributed by atoms with Crippen molar-refractivity contribution in [2.75, 3.05) is 7.05 Å². The fraction of sp³-hybridized carbons (Fsp3) is 0.200. The predicted molar refractivity (Wildman–Crippen MR) is 43.9 cm³/mol. The lowest BCUT2D eigenvalue weighted by Gasteiger charge is -1.92. The van der Waals surface area contributed by atoms with Gasteiger partial charge in [-0.05, 0) is 11.5 Å². The van der Waals surface area contributed by atoms with Gasteiger partial charge in [0.25, 0.3) is 0 Å². The van der Waals surface area contributed by atoms with E-state index in [0.717, 1.165) is 5.70 Å². The average Bonchev–Trinajstić information content (AvgIpc) is 1.83. The van der Waals surface area contributed by atoms with Crippen LogP contribution in [0.3, 0.4) is 0 Å². The SMILES string of the molecule is C=C(/C=C\SS)NC. The van der Waals surface area contributed by atoms with Gasteiger partial charge in [0.1, 0.15) is 0 Å². The van der Waals surface area contributed by atoms with E-state index in [9.17, 15) is 0 Å². The van der Waals surface area contributed by atoms with Gasteiger partial charge in [0.05, 0.1) is 0 Å². The van der Waals surface area contributed by atoms with Gasteiger partial charge in [-0.2, -0.15) is 0 Å². The number of hydrogen-bond acceptors (Lipinski definition) is 3. The highest BCUT2D eigenvalue weighted by Gasteiger charge is 1.74. The Morgan fingerprint density at radius 1 is 1.88 bits per heavy atom. The topological polar surface area (TPSA) is 12.0 Å². The first-order valence-corrected chi connectivity index (χ1v) is 4.08. The summed E-state index contributed by atoms with van der Waals surface area (Å²) in [6, 6.07) is 0. The van der Waals surface area contributed by atoms with Gasteiger partial charge in [-0.25, -0.2) is 0 Å². The fourth-order valence-corrected chi connectivity index (χ4v) is 0.604. The summed E-state index contributed by atoms with van der Waals surface area (Å²) in [5.41, 5.74) is 0.895. The zero-order valence-electron chi connectivity index (χ0n) is 4.72. The summed E-state index contributed by atoms with van der Waals surface area (Å²) < 4.78 is 0. The quantitative estimate of drug-likeness (QED) is 0.359. The second-order valence-corrected chi connectivity index (χ2v) is 2.30. The minimum Gasteiger partial charge on any atom is -0.389 e. The van der Waals surface area contributed by atoms with Gasteiger partial charge in [0, 0.05) is 12.7 Å². The van der Waals surface area contributed by atoms with E-state index in [1.807, 2.05) is 18.5 Å². The lowest BCUT2D eigenvalue weighted by molar-refractivity contribution is 1.04. The van der Waals surface area contributed by atoms with E-state index < -0.39 is 0 Å². The van der Waals surface area contributed by atoms with Crippen LogP contribution < -0.4 is 5.32 Å². The molecule has 1 nitrogen and oxygen atoms in total. The third kappa shape index (κ3) is 4.15. The minimum atomic E-state index is 0.895. The monoisotopic (exact) mass is 147 g/mol. The molecule has 0 heterocycles. The molecule has 1 N–H and O–H groups in total. The molecule has 0 aliphatic carbocycles. The third-order valence-electron chi connectivity index (χ3n) is 0.651. The van der Waals surface area contributed by atoms with Crippen molar-refractivity contribution in [3.8, 4) is 0 Å². The predicted octanol–water partition coefficient (Wildman–Crippen LogP) is 1.81. The van der Waals surface area contributed by atoms with Crippen molar-refractivity contribution in [1.29, 1.82) is 0 Å². The molecule has 3 heteroatoms.